The Labute approximate surface area is 117 Å². The highest BCUT2D eigenvalue weighted by Gasteiger charge is 2.09. The number of rotatable bonds is 8. The van der Waals surface area contributed by atoms with Crippen molar-refractivity contribution in [1.82, 2.24) is 5.32 Å². The van der Waals surface area contributed by atoms with Gasteiger partial charge in [0.05, 0.1) is 0 Å². The molecule has 102 valence electrons. The van der Waals surface area contributed by atoms with Gasteiger partial charge in [-0.15, -0.1) is 11.8 Å². The minimum Gasteiger partial charge on any atom is -0.313 e. The third-order valence-electron chi connectivity index (χ3n) is 3.03. The quantitative estimate of drug-likeness (QED) is 0.694. The summed E-state index contributed by atoms with van der Waals surface area (Å²) in [5.74, 6) is 1.97. The van der Waals surface area contributed by atoms with Crippen molar-refractivity contribution in [3.63, 3.8) is 0 Å². The van der Waals surface area contributed by atoms with Gasteiger partial charge in [0.2, 0.25) is 0 Å². The zero-order valence-electron chi connectivity index (χ0n) is 12.2. The average Bonchev–Trinajstić information content (AvgIpc) is 2.32. The van der Waals surface area contributed by atoms with Crippen LogP contribution in [0.2, 0.25) is 0 Å². The Morgan fingerprint density at radius 3 is 2.61 bits per heavy atom. The van der Waals surface area contributed by atoms with Crippen molar-refractivity contribution in [1.29, 1.82) is 0 Å². The molecular formula is C16H27NS. The molecule has 0 radical (unpaired) electrons. The zero-order chi connectivity index (χ0) is 13.4. The van der Waals surface area contributed by atoms with Crippen molar-refractivity contribution in [2.24, 2.45) is 5.92 Å². The monoisotopic (exact) mass is 265 g/mol. The molecule has 1 aromatic rings. The highest BCUT2D eigenvalue weighted by Crippen LogP contribution is 2.21. The van der Waals surface area contributed by atoms with Gasteiger partial charge in [-0.2, -0.15) is 0 Å². The summed E-state index contributed by atoms with van der Waals surface area (Å²) in [6.07, 6.45) is 2.59. The summed E-state index contributed by atoms with van der Waals surface area (Å²) >= 11 is 1.97. The fraction of sp³-hybridized carbons (Fsp3) is 0.625. The van der Waals surface area contributed by atoms with Gasteiger partial charge < -0.3 is 5.32 Å². The molecule has 1 unspecified atom stereocenters. The molecule has 0 spiro atoms. The van der Waals surface area contributed by atoms with E-state index in [2.05, 4.69) is 57.3 Å². The number of nitrogens with one attached hydrogen (secondary N) is 1. The second-order valence-electron chi connectivity index (χ2n) is 5.35. The van der Waals surface area contributed by atoms with Gasteiger partial charge in [-0.05, 0) is 44.4 Å². The van der Waals surface area contributed by atoms with Gasteiger partial charge in [-0.1, -0.05) is 38.5 Å². The van der Waals surface area contributed by atoms with Crippen LogP contribution >= 0.6 is 11.8 Å². The first-order valence-electron chi connectivity index (χ1n) is 7.04. The van der Waals surface area contributed by atoms with Crippen LogP contribution in [0.15, 0.2) is 29.2 Å². The van der Waals surface area contributed by atoms with Gasteiger partial charge in [0.15, 0.2) is 0 Å². The van der Waals surface area contributed by atoms with Crippen LogP contribution in [-0.4, -0.2) is 18.3 Å². The van der Waals surface area contributed by atoms with E-state index in [4.69, 9.17) is 0 Å². The first-order valence-corrected chi connectivity index (χ1v) is 8.03. The molecule has 1 aromatic carbocycles. The Morgan fingerprint density at radius 1 is 1.22 bits per heavy atom. The van der Waals surface area contributed by atoms with Crippen molar-refractivity contribution in [2.75, 3.05) is 12.3 Å². The van der Waals surface area contributed by atoms with Crippen molar-refractivity contribution in [2.45, 2.75) is 51.5 Å². The van der Waals surface area contributed by atoms with Crippen molar-refractivity contribution in [3.05, 3.63) is 29.8 Å². The van der Waals surface area contributed by atoms with Crippen LogP contribution in [0.25, 0.3) is 0 Å². The molecule has 1 rings (SSSR count). The van der Waals surface area contributed by atoms with Gasteiger partial charge in [0.1, 0.15) is 0 Å². The SMILES string of the molecule is CCNC(CCC(C)C)CSc1cccc(C)c1. The van der Waals surface area contributed by atoms with Gasteiger partial charge in [0, 0.05) is 16.7 Å². The van der Waals surface area contributed by atoms with Crippen LogP contribution < -0.4 is 5.32 Å². The van der Waals surface area contributed by atoms with E-state index in [1.165, 1.54) is 29.1 Å². The van der Waals surface area contributed by atoms with Crippen LogP contribution in [0.4, 0.5) is 0 Å². The number of thioether (sulfide) groups is 1. The highest BCUT2D eigenvalue weighted by atomic mass is 32.2. The predicted molar refractivity (Wildman–Crippen MR) is 83.4 cm³/mol. The lowest BCUT2D eigenvalue weighted by molar-refractivity contribution is 0.464. The van der Waals surface area contributed by atoms with Crippen LogP contribution in [0.1, 0.15) is 39.2 Å². The van der Waals surface area contributed by atoms with E-state index in [1.54, 1.807) is 0 Å². The maximum Gasteiger partial charge on any atom is 0.0161 e. The van der Waals surface area contributed by atoms with Crippen molar-refractivity contribution < 1.29 is 0 Å². The first kappa shape index (κ1) is 15.6. The molecule has 18 heavy (non-hydrogen) atoms. The normalized spacial score (nSPS) is 12.9. The molecule has 0 saturated heterocycles. The van der Waals surface area contributed by atoms with Gasteiger partial charge in [-0.25, -0.2) is 0 Å². The Hall–Kier alpha value is -0.470. The van der Waals surface area contributed by atoms with Crippen molar-refractivity contribution >= 4 is 11.8 Å². The summed E-state index contributed by atoms with van der Waals surface area (Å²) in [7, 11) is 0. The van der Waals surface area contributed by atoms with Gasteiger partial charge >= 0.3 is 0 Å². The highest BCUT2D eigenvalue weighted by molar-refractivity contribution is 7.99. The second-order valence-corrected chi connectivity index (χ2v) is 6.45. The molecule has 0 heterocycles. The molecule has 0 fully saturated rings. The lowest BCUT2D eigenvalue weighted by Gasteiger charge is -2.18. The molecule has 1 N–H and O–H groups in total. The fourth-order valence-electron chi connectivity index (χ4n) is 1.97. The molecule has 0 aliphatic rings. The molecule has 2 heteroatoms. The summed E-state index contributed by atoms with van der Waals surface area (Å²) in [5, 5.41) is 3.60. The van der Waals surface area contributed by atoms with Crippen LogP contribution in [0.5, 0.6) is 0 Å². The van der Waals surface area contributed by atoms with Crippen LogP contribution in [0.3, 0.4) is 0 Å². The van der Waals surface area contributed by atoms with E-state index < -0.39 is 0 Å². The van der Waals surface area contributed by atoms with E-state index in [0.717, 1.165) is 12.5 Å². The summed E-state index contributed by atoms with van der Waals surface area (Å²) in [5.41, 5.74) is 1.35. The molecule has 0 aliphatic heterocycles. The summed E-state index contributed by atoms with van der Waals surface area (Å²) in [4.78, 5) is 1.39. The molecular weight excluding hydrogens is 238 g/mol. The number of benzene rings is 1. The van der Waals surface area contributed by atoms with E-state index in [-0.39, 0.29) is 0 Å². The Bertz CT molecular complexity index is 336. The standard InChI is InChI=1S/C16H27NS/c1-5-17-15(10-9-13(2)3)12-18-16-8-6-7-14(4)11-16/h6-8,11,13,15,17H,5,9-10,12H2,1-4H3. The molecule has 0 aliphatic carbocycles. The summed E-state index contributed by atoms with van der Waals surface area (Å²) in [6.45, 7) is 10.0. The summed E-state index contributed by atoms with van der Waals surface area (Å²) < 4.78 is 0. The molecule has 0 bridgehead atoms. The van der Waals surface area contributed by atoms with E-state index in [9.17, 15) is 0 Å². The largest absolute Gasteiger partial charge is 0.313 e. The maximum absolute atomic E-state index is 3.60. The van der Waals surface area contributed by atoms with Gasteiger partial charge in [0.25, 0.3) is 0 Å². The average molecular weight is 265 g/mol. The minimum absolute atomic E-state index is 0.642. The molecule has 0 saturated carbocycles. The predicted octanol–water partition coefficient (Wildman–Crippen LogP) is 4.50. The molecule has 1 nitrogen and oxygen atoms in total. The lowest BCUT2D eigenvalue weighted by Crippen LogP contribution is -2.31. The van der Waals surface area contributed by atoms with E-state index >= 15 is 0 Å². The third-order valence-corrected chi connectivity index (χ3v) is 4.18. The molecule has 1 atom stereocenters. The van der Waals surface area contributed by atoms with Crippen LogP contribution in [-0.2, 0) is 0 Å². The third kappa shape index (κ3) is 6.46. The Kier molecular flexibility index (Phi) is 7.45. The smallest absolute Gasteiger partial charge is 0.0161 e. The zero-order valence-corrected chi connectivity index (χ0v) is 13.0. The van der Waals surface area contributed by atoms with E-state index in [0.29, 0.717) is 6.04 Å². The number of hydrogen-bond acceptors (Lipinski definition) is 2. The van der Waals surface area contributed by atoms with Crippen LogP contribution in [0, 0.1) is 12.8 Å². The number of hydrogen-bond donors (Lipinski definition) is 1. The van der Waals surface area contributed by atoms with E-state index in [1.807, 2.05) is 11.8 Å². The number of aryl methyl sites for hydroxylation is 1. The first-order chi connectivity index (χ1) is 8.61. The summed E-state index contributed by atoms with van der Waals surface area (Å²) in [6, 6.07) is 9.43. The van der Waals surface area contributed by atoms with Crippen molar-refractivity contribution in [3.8, 4) is 0 Å². The van der Waals surface area contributed by atoms with Gasteiger partial charge in [-0.3, -0.25) is 0 Å². The minimum atomic E-state index is 0.642. The second kappa shape index (κ2) is 8.60. The topological polar surface area (TPSA) is 12.0 Å². The Balaban J connectivity index is 2.41. The fourth-order valence-corrected chi connectivity index (χ4v) is 3.09. The molecule has 0 aromatic heterocycles. The Morgan fingerprint density at radius 2 is 2.00 bits per heavy atom. The molecule has 0 amide bonds. The maximum atomic E-state index is 3.60. The lowest BCUT2D eigenvalue weighted by atomic mass is 10.0.